The first kappa shape index (κ1) is 27.7. The quantitative estimate of drug-likeness (QED) is 0.280. The molecule has 4 aromatic rings. The Morgan fingerprint density at radius 2 is 1.98 bits per heavy atom. The molecule has 2 aliphatic heterocycles. The Balaban J connectivity index is 1.13. The number of carboxylic acids is 1. The summed E-state index contributed by atoms with van der Waals surface area (Å²) < 4.78 is 27.9. The van der Waals surface area contributed by atoms with Crippen molar-refractivity contribution >= 4 is 22.8 Å². The predicted molar refractivity (Wildman–Crippen MR) is 154 cm³/mol. The molecule has 1 N–H and O–H groups in total. The molecule has 2 atom stereocenters. The molecule has 0 amide bonds. The maximum absolute atomic E-state index is 14.3. The number of benzene rings is 2. The summed E-state index contributed by atoms with van der Waals surface area (Å²) in [6.45, 7) is 5.31. The zero-order chi connectivity index (χ0) is 29.2. The number of nitriles is 1. The van der Waals surface area contributed by atoms with E-state index in [2.05, 4.69) is 21.4 Å². The lowest BCUT2D eigenvalue weighted by molar-refractivity contribution is -0.0592. The molecule has 0 radical (unpaired) electrons. The number of halogens is 1. The van der Waals surface area contributed by atoms with E-state index in [4.69, 9.17) is 19.7 Å². The Morgan fingerprint density at radius 1 is 1.17 bits per heavy atom. The number of hydrogen-bond acceptors (Lipinski definition) is 7. The average molecular weight is 570 g/mol. The second-order valence-corrected chi connectivity index (χ2v) is 11.0. The molecule has 9 nitrogen and oxygen atoms in total. The molecule has 0 saturated carbocycles. The lowest BCUT2D eigenvalue weighted by atomic mass is 9.84. The van der Waals surface area contributed by atoms with Crippen LogP contribution < -0.4 is 9.64 Å². The van der Waals surface area contributed by atoms with Gasteiger partial charge in [0.2, 0.25) is 5.88 Å². The van der Waals surface area contributed by atoms with Crippen LogP contribution >= 0.6 is 0 Å². The molecule has 0 aliphatic carbocycles. The van der Waals surface area contributed by atoms with E-state index in [0.717, 1.165) is 61.6 Å². The SMILES string of the molecule is CC(c1nc2ccc(C(=O)O)cc2n1C[C@@H]1CCO1)C1CCN(c2cccc(OCc3ccc(C#N)cc3F)n2)CC1. The number of carboxylic acid groups (broad SMARTS) is 1. The summed E-state index contributed by atoms with van der Waals surface area (Å²) in [5.74, 6) is 1.36. The summed E-state index contributed by atoms with van der Waals surface area (Å²) in [5, 5.41) is 18.5. The molecule has 10 heteroatoms. The van der Waals surface area contributed by atoms with Gasteiger partial charge < -0.3 is 24.0 Å². The molecule has 6 rings (SSSR count). The fourth-order valence-corrected chi connectivity index (χ4v) is 5.83. The number of hydrogen-bond donors (Lipinski definition) is 1. The monoisotopic (exact) mass is 569 g/mol. The van der Waals surface area contributed by atoms with Crippen LogP contribution in [0.4, 0.5) is 10.2 Å². The van der Waals surface area contributed by atoms with E-state index in [9.17, 15) is 14.3 Å². The van der Waals surface area contributed by atoms with E-state index in [0.29, 0.717) is 23.9 Å². The van der Waals surface area contributed by atoms with E-state index in [-0.39, 0.29) is 29.8 Å². The van der Waals surface area contributed by atoms with Crippen molar-refractivity contribution in [3.05, 3.63) is 82.9 Å². The number of fused-ring (bicyclic) bond motifs is 1. The van der Waals surface area contributed by atoms with Gasteiger partial charge in [-0.1, -0.05) is 19.1 Å². The summed E-state index contributed by atoms with van der Waals surface area (Å²) in [7, 11) is 0. The van der Waals surface area contributed by atoms with Crippen molar-refractivity contribution in [2.45, 2.75) is 51.4 Å². The van der Waals surface area contributed by atoms with Gasteiger partial charge >= 0.3 is 5.97 Å². The van der Waals surface area contributed by atoms with Gasteiger partial charge in [-0.05, 0) is 61.6 Å². The summed E-state index contributed by atoms with van der Waals surface area (Å²) in [4.78, 5) is 23.5. The number of anilines is 1. The smallest absolute Gasteiger partial charge is 0.335 e. The van der Waals surface area contributed by atoms with Crippen LogP contribution in [0.2, 0.25) is 0 Å². The molecule has 2 aromatic carbocycles. The molecule has 2 aromatic heterocycles. The van der Waals surface area contributed by atoms with E-state index in [1.807, 2.05) is 18.2 Å². The van der Waals surface area contributed by atoms with Crippen LogP contribution in [0.1, 0.15) is 59.4 Å². The van der Waals surface area contributed by atoms with Crippen molar-refractivity contribution in [1.29, 1.82) is 5.26 Å². The molecule has 216 valence electrons. The van der Waals surface area contributed by atoms with Crippen LogP contribution in [0.25, 0.3) is 11.0 Å². The van der Waals surface area contributed by atoms with Crippen molar-refractivity contribution in [3.8, 4) is 11.9 Å². The fraction of sp³-hybridized carbons (Fsp3) is 0.375. The molecule has 0 spiro atoms. The number of imidazole rings is 1. The van der Waals surface area contributed by atoms with E-state index < -0.39 is 11.8 Å². The van der Waals surface area contributed by atoms with Crippen LogP contribution in [0.3, 0.4) is 0 Å². The standard InChI is InChI=1S/C32H32FN5O4/c1-20(31-35-27-8-7-23(32(39)40)16-28(27)38(31)18-25-11-14-41-25)22-9-12-37(13-10-22)29-3-2-4-30(36-29)42-19-24-6-5-21(17-34)15-26(24)33/h2-8,15-16,20,22,25H,9-14,18-19H2,1H3,(H,39,40)/t20?,25-/m0/s1. The van der Waals surface area contributed by atoms with Gasteiger partial charge in [-0.2, -0.15) is 10.2 Å². The number of carbonyl (C=O) groups is 1. The number of aromatic carboxylic acids is 1. The Hall–Kier alpha value is -4.49. The first-order valence-electron chi connectivity index (χ1n) is 14.3. The maximum Gasteiger partial charge on any atom is 0.335 e. The van der Waals surface area contributed by atoms with Crippen molar-refractivity contribution in [3.63, 3.8) is 0 Å². The minimum atomic E-state index is -0.948. The first-order chi connectivity index (χ1) is 20.4. The average Bonchev–Trinajstić information content (AvgIpc) is 3.35. The van der Waals surface area contributed by atoms with Gasteiger partial charge in [0.05, 0.1) is 40.9 Å². The topological polar surface area (TPSA) is 113 Å². The summed E-state index contributed by atoms with van der Waals surface area (Å²) in [6, 6.07) is 17.0. The third kappa shape index (κ3) is 5.65. The van der Waals surface area contributed by atoms with Crippen molar-refractivity contribution in [2.75, 3.05) is 24.6 Å². The molecule has 2 fully saturated rings. The number of ether oxygens (including phenoxy) is 2. The predicted octanol–water partition coefficient (Wildman–Crippen LogP) is 5.53. The van der Waals surface area contributed by atoms with E-state index in [1.165, 1.54) is 6.07 Å². The van der Waals surface area contributed by atoms with Crippen LogP contribution in [0, 0.1) is 23.1 Å². The molecule has 2 saturated heterocycles. The Bertz CT molecular complexity index is 1650. The van der Waals surface area contributed by atoms with Gasteiger partial charge in [0.25, 0.3) is 0 Å². The van der Waals surface area contributed by atoms with E-state index >= 15 is 0 Å². The highest BCUT2D eigenvalue weighted by atomic mass is 19.1. The fourth-order valence-electron chi connectivity index (χ4n) is 5.83. The highest BCUT2D eigenvalue weighted by Crippen LogP contribution is 2.36. The number of piperidine rings is 1. The highest BCUT2D eigenvalue weighted by molar-refractivity contribution is 5.92. The van der Waals surface area contributed by atoms with Gasteiger partial charge in [0.15, 0.2) is 0 Å². The van der Waals surface area contributed by atoms with Gasteiger partial charge in [-0.3, -0.25) is 0 Å². The zero-order valence-corrected chi connectivity index (χ0v) is 23.4. The number of pyridine rings is 1. The number of nitrogens with zero attached hydrogens (tertiary/aromatic N) is 5. The third-order valence-electron chi connectivity index (χ3n) is 8.45. The Labute approximate surface area is 243 Å². The van der Waals surface area contributed by atoms with Gasteiger partial charge in [-0.25, -0.2) is 14.2 Å². The largest absolute Gasteiger partial charge is 0.478 e. The van der Waals surface area contributed by atoms with Crippen LogP contribution in [-0.4, -0.2) is 51.4 Å². The highest BCUT2D eigenvalue weighted by Gasteiger charge is 2.31. The first-order valence-corrected chi connectivity index (χ1v) is 14.3. The maximum atomic E-state index is 14.3. The van der Waals surface area contributed by atoms with Gasteiger partial charge in [0.1, 0.15) is 24.1 Å². The minimum absolute atomic E-state index is 0.0223. The van der Waals surface area contributed by atoms with Crippen molar-refractivity contribution in [1.82, 2.24) is 14.5 Å². The molecular formula is C32H32FN5O4. The van der Waals surface area contributed by atoms with Crippen LogP contribution in [0.5, 0.6) is 5.88 Å². The normalized spacial score (nSPS) is 17.9. The van der Waals surface area contributed by atoms with Gasteiger partial charge in [0, 0.05) is 37.2 Å². The number of aromatic nitrogens is 3. The molecule has 0 bridgehead atoms. The molecule has 42 heavy (non-hydrogen) atoms. The van der Waals surface area contributed by atoms with E-state index in [1.54, 1.807) is 36.4 Å². The Kier molecular flexibility index (Phi) is 7.76. The van der Waals surface area contributed by atoms with Crippen LogP contribution in [0.15, 0.2) is 54.6 Å². The summed E-state index contributed by atoms with van der Waals surface area (Å²) in [6.07, 6.45) is 3.02. The summed E-state index contributed by atoms with van der Waals surface area (Å²) in [5.41, 5.74) is 2.54. The molecule has 1 unspecified atom stereocenters. The lowest BCUT2D eigenvalue weighted by Crippen LogP contribution is -2.36. The zero-order valence-electron chi connectivity index (χ0n) is 23.4. The minimum Gasteiger partial charge on any atom is -0.478 e. The van der Waals surface area contributed by atoms with Crippen molar-refractivity contribution in [2.24, 2.45) is 5.92 Å². The number of rotatable bonds is 9. The third-order valence-corrected chi connectivity index (χ3v) is 8.45. The lowest BCUT2D eigenvalue weighted by Gasteiger charge is -2.36. The second kappa shape index (κ2) is 11.8. The Morgan fingerprint density at radius 3 is 2.67 bits per heavy atom. The second-order valence-electron chi connectivity index (χ2n) is 11.0. The summed E-state index contributed by atoms with van der Waals surface area (Å²) >= 11 is 0. The molecular weight excluding hydrogens is 537 g/mol. The molecule has 4 heterocycles. The molecule has 2 aliphatic rings. The van der Waals surface area contributed by atoms with Crippen LogP contribution in [-0.2, 0) is 17.9 Å². The van der Waals surface area contributed by atoms with Crippen molar-refractivity contribution < 1.29 is 23.8 Å². The van der Waals surface area contributed by atoms with Gasteiger partial charge in [-0.15, -0.1) is 0 Å².